The van der Waals surface area contributed by atoms with Crippen molar-refractivity contribution in [3.8, 4) is 22.8 Å². The smallest absolute Gasteiger partial charge is 0.264 e. The monoisotopic (exact) mass is 473 g/mol. The van der Waals surface area contributed by atoms with E-state index in [1.807, 2.05) is 6.07 Å². The van der Waals surface area contributed by atoms with Crippen LogP contribution in [0.15, 0.2) is 35.4 Å². The Labute approximate surface area is 196 Å². The van der Waals surface area contributed by atoms with Crippen molar-refractivity contribution in [1.82, 2.24) is 19.4 Å². The quantitative estimate of drug-likeness (QED) is 0.509. The summed E-state index contributed by atoms with van der Waals surface area (Å²) in [6.45, 7) is 2.99. The number of anilines is 1. The Balaban J connectivity index is 1.61. The van der Waals surface area contributed by atoms with Crippen molar-refractivity contribution in [3.05, 3.63) is 40.9 Å². The second-order valence-corrected chi connectivity index (χ2v) is 8.30. The van der Waals surface area contributed by atoms with E-state index in [1.54, 1.807) is 32.4 Å². The number of piperidine rings is 1. The first-order valence-corrected chi connectivity index (χ1v) is 11.4. The van der Waals surface area contributed by atoms with Crippen LogP contribution in [0.4, 0.5) is 14.6 Å². The lowest BCUT2D eigenvalue weighted by Gasteiger charge is -2.26. The third kappa shape index (κ3) is 5.44. The summed E-state index contributed by atoms with van der Waals surface area (Å²) in [5, 5.41) is 2.76. The van der Waals surface area contributed by atoms with Crippen LogP contribution in [0.5, 0.6) is 11.5 Å². The number of alkyl halides is 2. The van der Waals surface area contributed by atoms with Crippen LogP contribution in [-0.4, -0.2) is 65.8 Å². The second kappa shape index (κ2) is 10.8. The van der Waals surface area contributed by atoms with E-state index in [4.69, 9.17) is 9.47 Å². The molecule has 1 fully saturated rings. The average molecular weight is 474 g/mol. The van der Waals surface area contributed by atoms with Gasteiger partial charge in [-0.25, -0.2) is 18.7 Å². The van der Waals surface area contributed by atoms with Crippen LogP contribution in [-0.2, 0) is 7.05 Å². The van der Waals surface area contributed by atoms with Crippen molar-refractivity contribution < 1.29 is 18.3 Å². The van der Waals surface area contributed by atoms with Crippen LogP contribution in [0.3, 0.4) is 0 Å². The lowest BCUT2D eigenvalue weighted by Crippen LogP contribution is -2.33. The number of nitrogens with zero attached hydrogens (tertiary/aromatic N) is 4. The molecule has 0 radical (unpaired) electrons. The van der Waals surface area contributed by atoms with E-state index in [9.17, 15) is 13.6 Å². The molecule has 182 valence electrons. The van der Waals surface area contributed by atoms with E-state index in [0.717, 1.165) is 19.6 Å². The molecule has 0 spiro atoms. The topological polar surface area (TPSA) is 81.5 Å². The molecule has 0 unspecified atom stereocenters. The molecule has 3 aromatic rings. The van der Waals surface area contributed by atoms with E-state index in [2.05, 4.69) is 20.2 Å². The van der Waals surface area contributed by atoms with E-state index in [1.165, 1.54) is 30.2 Å². The van der Waals surface area contributed by atoms with Crippen molar-refractivity contribution in [2.24, 2.45) is 7.05 Å². The molecule has 10 heteroatoms. The number of methoxy groups -OCH3 is 1. The van der Waals surface area contributed by atoms with Crippen LogP contribution < -0.4 is 20.3 Å². The maximum atomic E-state index is 12.9. The van der Waals surface area contributed by atoms with Gasteiger partial charge >= 0.3 is 0 Å². The number of likely N-dealkylation sites (tertiary alicyclic amines) is 1. The minimum atomic E-state index is -2.59. The zero-order valence-electron chi connectivity index (χ0n) is 19.4. The SMILES string of the molecule is COc1cc(-c2cc3ncn(C)c(=O)c3c(NCC(F)F)n2)ccc1OCCN1CCCCC1. The van der Waals surface area contributed by atoms with Gasteiger partial charge in [-0.05, 0) is 50.2 Å². The summed E-state index contributed by atoms with van der Waals surface area (Å²) in [5.74, 6) is 1.23. The maximum absolute atomic E-state index is 12.9. The third-order valence-corrected chi connectivity index (χ3v) is 5.90. The largest absolute Gasteiger partial charge is 0.493 e. The summed E-state index contributed by atoms with van der Waals surface area (Å²) in [6.07, 6.45) is 2.55. The lowest BCUT2D eigenvalue weighted by molar-refractivity contribution is 0.163. The van der Waals surface area contributed by atoms with Crippen LogP contribution in [0.2, 0.25) is 0 Å². The molecule has 0 amide bonds. The highest BCUT2D eigenvalue weighted by Gasteiger charge is 2.16. The maximum Gasteiger partial charge on any atom is 0.264 e. The van der Waals surface area contributed by atoms with Crippen molar-refractivity contribution in [3.63, 3.8) is 0 Å². The van der Waals surface area contributed by atoms with Crippen molar-refractivity contribution in [2.45, 2.75) is 25.7 Å². The molecule has 2 aromatic heterocycles. The summed E-state index contributed by atoms with van der Waals surface area (Å²) in [6, 6.07) is 7.07. The Bertz CT molecular complexity index is 1200. The predicted octanol–water partition coefficient (Wildman–Crippen LogP) is 3.55. The molecular weight excluding hydrogens is 444 g/mol. The molecule has 3 heterocycles. The van der Waals surface area contributed by atoms with Gasteiger partial charge in [0.15, 0.2) is 11.5 Å². The second-order valence-electron chi connectivity index (χ2n) is 8.30. The van der Waals surface area contributed by atoms with Crippen LogP contribution >= 0.6 is 0 Å². The average Bonchev–Trinajstić information content (AvgIpc) is 2.85. The Morgan fingerprint density at radius 2 is 1.94 bits per heavy atom. The molecular formula is C24H29F2N5O3. The number of aromatic nitrogens is 3. The van der Waals surface area contributed by atoms with E-state index >= 15 is 0 Å². The number of nitrogens with one attached hydrogen (secondary N) is 1. The Morgan fingerprint density at radius 1 is 1.15 bits per heavy atom. The molecule has 1 aromatic carbocycles. The third-order valence-electron chi connectivity index (χ3n) is 5.90. The number of rotatable bonds is 9. The molecule has 0 saturated carbocycles. The molecule has 1 saturated heterocycles. The van der Waals surface area contributed by atoms with Crippen LogP contribution in [0.25, 0.3) is 22.2 Å². The normalized spacial score (nSPS) is 14.5. The number of benzene rings is 1. The van der Waals surface area contributed by atoms with Gasteiger partial charge in [-0.3, -0.25) is 9.69 Å². The number of hydrogen-bond donors (Lipinski definition) is 1. The fraction of sp³-hybridized carbons (Fsp3) is 0.458. The van der Waals surface area contributed by atoms with Gasteiger partial charge < -0.3 is 19.4 Å². The van der Waals surface area contributed by atoms with Crippen molar-refractivity contribution in [2.75, 3.05) is 45.2 Å². The van der Waals surface area contributed by atoms with E-state index in [-0.39, 0.29) is 16.8 Å². The van der Waals surface area contributed by atoms with E-state index in [0.29, 0.717) is 34.9 Å². The number of aryl methyl sites for hydroxylation is 1. The molecule has 4 rings (SSSR count). The van der Waals surface area contributed by atoms with Crippen LogP contribution in [0.1, 0.15) is 19.3 Å². The highest BCUT2D eigenvalue weighted by molar-refractivity contribution is 5.91. The molecule has 1 aliphatic rings. The first-order valence-electron chi connectivity index (χ1n) is 11.4. The van der Waals surface area contributed by atoms with Gasteiger partial charge in [0, 0.05) is 19.2 Å². The van der Waals surface area contributed by atoms with Crippen LogP contribution in [0, 0.1) is 0 Å². The number of halogens is 2. The minimum absolute atomic E-state index is 0.0716. The summed E-state index contributed by atoms with van der Waals surface area (Å²) >= 11 is 0. The zero-order valence-corrected chi connectivity index (χ0v) is 19.4. The Hall–Kier alpha value is -3.27. The van der Waals surface area contributed by atoms with Gasteiger partial charge in [0.05, 0.1) is 31.2 Å². The number of ether oxygens (including phenoxy) is 2. The molecule has 0 bridgehead atoms. The molecule has 8 nitrogen and oxygen atoms in total. The number of pyridine rings is 1. The first-order chi connectivity index (χ1) is 16.5. The molecule has 34 heavy (non-hydrogen) atoms. The Kier molecular flexibility index (Phi) is 7.56. The summed E-state index contributed by atoms with van der Waals surface area (Å²) in [5.41, 5.74) is 1.16. The van der Waals surface area contributed by atoms with Gasteiger partial charge in [0.2, 0.25) is 0 Å². The van der Waals surface area contributed by atoms with Gasteiger partial charge in [-0.2, -0.15) is 0 Å². The van der Waals surface area contributed by atoms with Gasteiger partial charge in [0.1, 0.15) is 17.8 Å². The highest BCUT2D eigenvalue weighted by atomic mass is 19.3. The molecule has 1 aliphatic heterocycles. The molecule has 1 N–H and O–H groups in total. The number of hydrogen-bond acceptors (Lipinski definition) is 7. The van der Waals surface area contributed by atoms with E-state index < -0.39 is 13.0 Å². The molecule has 0 aliphatic carbocycles. The zero-order chi connectivity index (χ0) is 24.1. The Morgan fingerprint density at radius 3 is 2.68 bits per heavy atom. The number of fused-ring (bicyclic) bond motifs is 1. The van der Waals surface area contributed by atoms with Gasteiger partial charge in [-0.15, -0.1) is 0 Å². The first kappa shape index (κ1) is 23.9. The van der Waals surface area contributed by atoms with Crippen molar-refractivity contribution in [1.29, 1.82) is 0 Å². The van der Waals surface area contributed by atoms with Gasteiger partial charge in [0.25, 0.3) is 12.0 Å². The molecule has 0 atom stereocenters. The highest BCUT2D eigenvalue weighted by Crippen LogP contribution is 2.33. The summed E-state index contributed by atoms with van der Waals surface area (Å²) in [4.78, 5) is 23.8. The van der Waals surface area contributed by atoms with Gasteiger partial charge in [-0.1, -0.05) is 6.42 Å². The minimum Gasteiger partial charge on any atom is -0.493 e. The summed E-state index contributed by atoms with van der Waals surface area (Å²) < 4.78 is 38.5. The predicted molar refractivity (Wildman–Crippen MR) is 127 cm³/mol. The summed E-state index contributed by atoms with van der Waals surface area (Å²) in [7, 11) is 3.11. The van der Waals surface area contributed by atoms with Crippen molar-refractivity contribution >= 4 is 16.7 Å². The fourth-order valence-electron chi connectivity index (χ4n) is 4.09. The standard InChI is InChI=1S/C24H29F2N5O3/c1-30-15-28-18-13-17(29-23(22(18)24(30)32)27-14-21(25)26)16-6-7-19(20(12-16)33-2)34-11-10-31-8-4-3-5-9-31/h6-7,12-13,15,21H,3-5,8-11,14H2,1-2H3,(H,27,29). The fourth-order valence-corrected chi connectivity index (χ4v) is 4.09. The lowest BCUT2D eigenvalue weighted by atomic mass is 10.1.